The van der Waals surface area contributed by atoms with E-state index in [0.717, 1.165) is 12.2 Å². The molecule has 0 radical (unpaired) electrons. The highest BCUT2D eigenvalue weighted by Crippen LogP contribution is 2.44. The molecule has 0 heterocycles. The Kier molecular flexibility index (Phi) is 3.61. The fourth-order valence-corrected chi connectivity index (χ4v) is 2.52. The molecule has 5 nitrogen and oxygen atoms in total. The summed E-state index contributed by atoms with van der Waals surface area (Å²) in [5.41, 5.74) is 6.89. The number of sulfonamides is 1. The molecule has 6 heteroatoms. The molecule has 0 atom stereocenters. The van der Waals surface area contributed by atoms with Crippen LogP contribution in [0.3, 0.4) is 0 Å². The standard InChI is InChI=1S/C12H19N3O2S/c1-14-18(16,17)11-4-2-10(3-5-11)15-9-12(8-13)6-7-12/h2-5,14-15H,6-9,13H2,1H3. The maximum atomic E-state index is 11.5. The molecule has 0 bridgehead atoms. The molecule has 0 spiro atoms. The van der Waals surface area contributed by atoms with Gasteiger partial charge in [-0.05, 0) is 56.1 Å². The minimum Gasteiger partial charge on any atom is -0.384 e. The molecule has 4 N–H and O–H groups in total. The zero-order valence-electron chi connectivity index (χ0n) is 10.4. The lowest BCUT2D eigenvalue weighted by Crippen LogP contribution is -2.24. The highest BCUT2D eigenvalue weighted by atomic mass is 32.2. The Morgan fingerprint density at radius 1 is 1.28 bits per heavy atom. The summed E-state index contributed by atoms with van der Waals surface area (Å²) in [6, 6.07) is 6.74. The fourth-order valence-electron chi connectivity index (χ4n) is 1.79. The van der Waals surface area contributed by atoms with Crippen molar-refractivity contribution in [1.82, 2.24) is 4.72 Å². The normalized spacial score (nSPS) is 17.4. The first-order valence-corrected chi connectivity index (χ1v) is 7.47. The monoisotopic (exact) mass is 269 g/mol. The molecular formula is C12H19N3O2S. The van der Waals surface area contributed by atoms with Gasteiger partial charge in [0, 0.05) is 12.2 Å². The number of hydrogen-bond acceptors (Lipinski definition) is 4. The molecule has 1 fully saturated rings. The minimum atomic E-state index is -3.35. The first-order valence-electron chi connectivity index (χ1n) is 5.99. The van der Waals surface area contributed by atoms with E-state index in [1.165, 1.54) is 19.9 Å². The van der Waals surface area contributed by atoms with Gasteiger partial charge in [-0.2, -0.15) is 0 Å². The summed E-state index contributed by atoms with van der Waals surface area (Å²) in [4.78, 5) is 0.274. The number of nitrogens with two attached hydrogens (primary N) is 1. The maximum Gasteiger partial charge on any atom is 0.240 e. The van der Waals surface area contributed by atoms with E-state index in [9.17, 15) is 8.42 Å². The summed E-state index contributed by atoms with van der Waals surface area (Å²) >= 11 is 0. The van der Waals surface area contributed by atoms with Gasteiger partial charge in [0.05, 0.1) is 4.90 Å². The van der Waals surface area contributed by atoms with Gasteiger partial charge < -0.3 is 11.1 Å². The molecule has 0 aliphatic heterocycles. The summed E-state index contributed by atoms with van der Waals surface area (Å²) < 4.78 is 25.4. The van der Waals surface area contributed by atoms with Gasteiger partial charge in [0.25, 0.3) is 0 Å². The van der Waals surface area contributed by atoms with Crippen LogP contribution in [-0.4, -0.2) is 28.6 Å². The highest BCUT2D eigenvalue weighted by Gasteiger charge is 2.40. The van der Waals surface area contributed by atoms with Crippen molar-refractivity contribution >= 4 is 15.7 Å². The van der Waals surface area contributed by atoms with Crippen molar-refractivity contribution in [3.05, 3.63) is 24.3 Å². The van der Waals surface area contributed by atoms with Gasteiger partial charge >= 0.3 is 0 Å². The lowest BCUT2D eigenvalue weighted by Gasteiger charge is -2.14. The summed E-state index contributed by atoms with van der Waals surface area (Å²) in [5, 5.41) is 3.30. The van der Waals surface area contributed by atoms with Gasteiger partial charge in [-0.3, -0.25) is 0 Å². The Morgan fingerprint density at radius 2 is 1.89 bits per heavy atom. The smallest absolute Gasteiger partial charge is 0.240 e. The van der Waals surface area contributed by atoms with E-state index >= 15 is 0 Å². The van der Waals surface area contributed by atoms with Crippen molar-refractivity contribution in [3.8, 4) is 0 Å². The van der Waals surface area contributed by atoms with E-state index in [4.69, 9.17) is 5.73 Å². The van der Waals surface area contributed by atoms with Crippen LogP contribution in [0.15, 0.2) is 29.2 Å². The van der Waals surface area contributed by atoms with E-state index in [1.807, 2.05) is 0 Å². The van der Waals surface area contributed by atoms with E-state index in [-0.39, 0.29) is 10.3 Å². The molecule has 0 saturated heterocycles. The van der Waals surface area contributed by atoms with Crippen LogP contribution < -0.4 is 15.8 Å². The van der Waals surface area contributed by atoms with E-state index < -0.39 is 10.0 Å². The molecule has 1 aromatic carbocycles. The molecule has 0 unspecified atom stereocenters. The number of rotatable bonds is 6. The number of hydrogen-bond donors (Lipinski definition) is 3. The van der Waals surface area contributed by atoms with Gasteiger partial charge in [-0.1, -0.05) is 0 Å². The second kappa shape index (κ2) is 4.87. The summed E-state index contributed by atoms with van der Waals surface area (Å²) in [6.07, 6.45) is 2.34. The van der Waals surface area contributed by atoms with Gasteiger partial charge in [0.2, 0.25) is 10.0 Å². The van der Waals surface area contributed by atoms with Gasteiger partial charge in [0.1, 0.15) is 0 Å². The number of benzene rings is 1. The lowest BCUT2D eigenvalue weighted by molar-refractivity contribution is 0.556. The van der Waals surface area contributed by atoms with Crippen LogP contribution in [0.25, 0.3) is 0 Å². The first kappa shape index (κ1) is 13.3. The fraction of sp³-hybridized carbons (Fsp3) is 0.500. The Labute approximate surface area is 108 Å². The third kappa shape index (κ3) is 2.82. The minimum absolute atomic E-state index is 0.260. The van der Waals surface area contributed by atoms with Crippen LogP contribution in [0.1, 0.15) is 12.8 Å². The second-order valence-electron chi connectivity index (χ2n) is 4.79. The maximum absolute atomic E-state index is 11.5. The molecule has 2 rings (SSSR count). The van der Waals surface area contributed by atoms with Gasteiger partial charge in [-0.25, -0.2) is 13.1 Å². The van der Waals surface area contributed by atoms with Crippen molar-refractivity contribution in [1.29, 1.82) is 0 Å². The molecule has 1 saturated carbocycles. The first-order chi connectivity index (χ1) is 8.51. The molecule has 18 heavy (non-hydrogen) atoms. The van der Waals surface area contributed by atoms with Crippen molar-refractivity contribution in [2.24, 2.45) is 11.1 Å². The molecule has 100 valence electrons. The van der Waals surface area contributed by atoms with Crippen molar-refractivity contribution in [3.63, 3.8) is 0 Å². The largest absolute Gasteiger partial charge is 0.384 e. The van der Waals surface area contributed by atoms with Crippen LogP contribution in [0.2, 0.25) is 0 Å². The van der Waals surface area contributed by atoms with Gasteiger partial charge in [-0.15, -0.1) is 0 Å². The highest BCUT2D eigenvalue weighted by molar-refractivity contribution is 7.89. The molecule has 0 amide bonds. The van der Waals surface area contributed by atoms with Crippen molar-refractivity contribution in [2.45, 2.75) is 17.7 Å². The van der Waals surface area contributed by atoms with Crippen molar-refractivity contribution in [2.75, 3.05) is 25.5 Å². The Morgan fingerprint density at radius 3 is 2.33 bits per heavy atom. The van der Waals surface area contributed by atoms with Gasteiger partial charge in [0.15, 0.2) is 0 Å². The second-order valence-corrected chi connectivity index (χ2v) is 6.68. The van der Waals surface area contributed by atoms with Crippen LogP contribution in [0.5, 0.6) is 0 Å². The summed E-state index contributed by atoms with van der Waals surface area (Å²) in [5.74, 6) is 0. The number of nitrogens with one attached hydrogen (secondary N) is 2. The lowest BCUT2D eigenvalue weighted by atomic mass is 10.1. The SMILES string of the molecule is CNS(=O)(=O)c1ccc(NCC2(CN)CC2)cc1. The van der Waals surface area contributed by atoms with E-state index in [2.05, 4.69) is 10.0 Å². The predicted octanol–water partition coefficient (Wildman–Crippen LogP) is 0.745. The molecule has 1 aliphatic carbocycles. The summed E-state index contributed by atoms with van der Waals surface area (Å²) in [6.45, 7) is 1.55. The third-order valence-corrected chi connectivity index (χ3v) is 4.92. The third-order valence-electron chi connectivity index (χ3n) is 3.49. The topological polar surface area (TPSA) is 84.2 Å². The van der Waals surface area contributed by atoms with Crippen LogP contribution >= 0.6 is 0 Å². The van der Waals surface area contributed by atoms with Crippen LogP contribution in [-0.2, 0) is 10.0 Å². The Balaban J connectivity index is 2.00. The van der Waals surface area contributed by atoms with E-state index in [0.29, 0.717) is 6.54 Å². The number of anilines is 1. The van der Waals surface area contributed by atoms with Crippen molar-refractivity contribution < 1.29 is 8.42 Å². The Hall–Kier alpha value is -1.11. The average Bonchev–Trinajstić information content (AvgIpc) is 3.18. The molecular weight excluding hydrogens is 250 g/mol. The summed E-state index contributed by atoms with van der Waals surface area (Å²) in [7, 11) is -1.95. The average molecular weight is 269 g/mol. The quantitative estimate of drug-likeness (QED) is 0.711. The Bertz CT molecular complexity index is 507. The predicted molar refractivity (Wildman–Crippen MR) is 71.9 cm³/mol. The molecule has 1 aromatic rings. The zero-order valence-corrected chi connectivity index (χ0v) is 11.3. The van der Waals surface area contributed by atoms with Crippen LogP contribution in [0.4, 0.5) is 5.69 Å². The zero-order chi connectivity index (χ0) is 13.2. The van der Waals surface area contributed by atoms with E-state index in [1.54, 1.807) is 24.3 Å². The molecule has 1 aliphatic rings. The van der Waals surface area contributed by atoms with Crippen LogP contribution in [0, 0.1) is 5.41 Å². The molecule has 0 aromatic heterocycles.